The fourth-order valence-electron chi connectivity index (χ4n) is 2.27. The van der Waals surface area contributed by atoms with Crippen LogP contribution >= 0.6 is 11.6 Å². The van der Waals surface area contributed by atoms with Crippen LogP contribution in [-0.4, -0.2) is 25.7 Å². The van der Waals surface area contributed by atoms with Crippen molar-refractivity contribution in [1.82, 2.24) is 4.98 Å². The Morgan fingerprint density at radius 1 is 1.33 bits per heavy atom. The van der Waals surface area contributed by atoms with Crippen LogP contribution in [0.4, 0.5) is 5.69 Å². The Bertz CT molecular complexity index is 610. The summed E-state index contributed by atoms with van der Waals surface area (Å²) in [7, 11) is 4.04. The Labute approximate surface area is 111 Å². The van der Waals surface area contributed by atoms with E-state index in [0.29, 0.717) is 6.61 Å². The van der Waals surface area contributed by atoms with Gasteiger partial charge in [0.25, 0.3) is 0 Å². The number of hydrogen-bond acceptors (Lipinski definition) is 3. The molecule has 0 radical (unpaired) electrons. The van der Waals surface area contributed by atoms with Gasteiger partial charge in [0, 0.05) is 37.2 Å². The Morgan fingerprint density at radius 2 is 2.17 bits per heavy atom. The minimum Gasteiger partial charge on any atom is -0.378 e. The van der Waals surface area contributed by atoms with Gasteiger partial charge in [0.15, 0.2) is 0 Å². The third kappa shape index (κ3) is 1.84. The van der Waals surface area contributed by atoms with Crippen LogP contribution in [0, 0.1) is 0 Å². The number of pyridine rings is 1. The van der Waals surface area contributed by atoms with Gasteiger partial charge in [0.1, 0.15) is 0 Å². The summed E-state index contributed by atoms with van der Waals surface area (Å²) >= 11 is 6.50. The molecule has 94 valence electrons. The maximum absolute atomic E-state index is 6.50. The summed E-state index contributed by atoms with van der Waals surface area (Å²) in [5, 5.41) is 1.80. The van der Waals surface area contributed by atoms with E-state index in [0.717, 1.165) is 45.9 Å². The molecular weight excluding hydrogens is 248 g/mol. The molecule has 0 aliphatic carbocycles. The zero-order valence-electron chi connectivity index (χ0n) is 10.5. The lowest BCUT2D eigenvalue weighted by Crippen LogP contribution is -2.13. The van der Waals surface area contributed by atoms with Gasteiger partial charge < -0.3 is 9.64 Å². The quantitative estimate of drug-likeness (QED) is 0.790. The predicted octanol–water partition coefficient (Wildman–Crippen LogP) is 3.03. The standard InChI is InChI=1S/C14H15ClN2O/c1-17(2)9-3-4-12-10(7-9)14(15)11-8-18-6-5-13(11)16-12/h3-4,7H,5-6,8H2,1-2H3. The second-order valence-corrected chi connectivity index (χ2v) is 5.13. The molecule has 1 aromatic heterocycles. The molecule has 3 nitrogen and oxygen atoms in total. The highest BCUT2D eigenvalue weighted by Gasteiger charge is 2.17. The van der Waals surface area contributed by atoms with Crippen LogP contribution in [0.2, 0.25) is 5.02 Å². The normalized spacial score (nSPS) is 14.6. The fraction of sp³-hybridized carbons (Fsp3) is 0.357. The van der Waals surface area contributed by atoms with E-state index >= 15 is 0 Å². The van der Waals surface area contributed by atoms with Crippen LogP contribution in [0.15, 0.2) is 18.2 Å². The Kier molecular flexibility index (Phi) is 2.88. The molecule has 1 aliphatic rings. The number of fused-ring (bicyclic) bond motifs is 2. The van der Waals surface area contributed by atoms with Gasteiger partial charge in [0.05, 0.1) is 29.4 Å². The smallest absolute Gasteiger partial charge is 0.0749 e. The molecule has 1 aromatic carbocycles. The average molecular weight is 263 g/mol. The number of anilines is 1. The molecule has 3 rings (SSSR count). The summed E-state index contributed by atoms with van der Waals surface area (Å²) in [5.74, 6) is 0. The molecule has 0 amide bonds. The van der Waals surface area contributed by atoms with Crippen LogP contribution in [0.1, 0.15) is 11.3 Å². The molecule has 0 bridgehead atoms. The minimum absolute atomic E-state index is 0.573. The molecular formula is C14H15ClN2O. The summed E-state index contributed by atoms with van der Waals surface area (Å²) < 4.78 is 5.47. The number of hydrogen-bond donors (Lipinski definition) is 0. The van der Waals surface area contributed by atoms with E-state index in [2.05, 4.69) is 17.0 Å². The van der Waals surface area contributed by atoms with Gasteiger partial charge in [-0.05, 0) is 18.2 Å². The van der Waals surface area contributed by atoms with Crippen LogP contribution < -0.4 is 4.90 Å². The maximum Gasteiger partial charge on any atom is 0.0749 e. The molecule has 0 N–H and O–H groups in total. The number of aromatic nitrogens is 1. The molecule has 4 heteroatoms. The van der Waals surface area contributed by atoms with Crippen LogP contribution in [0.3, 0.4) is 0 Å². The predicted molar refractivity (Wildman–Crippen MR) is 74.4 cm³/mol. The van der Waals surface area contributed by atoms with Gasteiger partial charge >= 0.3 is 0 Å². The molecule has 0 unspecified atom stereocenters. The number of ether oxygens (including phenoxy) is 1. The summed E-state index contributed by atoms with van der Waals surface area (Å²) in [6.07, 6.45) is 0.848. The highest BCUT2D eigenvalue weighted by molar-refractivity contribution is 6.36. The van der Waals surface area contributed by atoms with E-state index in [9.17, 15) is 0 Å². The molecule has 0 spiro atoms. The first-order valence-electron chi connectivity index (χ1n) is 6.03. The van der Waals surface area contributed by atoms with Gasteiger partial charge in [-0.1, -0.05) is 11.6 Å². The first-order valence-corrected chi connectivity index (χ1v) is 6.40. The van der Waals surface area contributed by atoms with Crippen LogP contribution in [0.5, 0.6) is 0 Å². The van der Waals surface area contributed by atoms with E-state index in [1.54, 1.807) is 0 Å². The van der Waals surface area contributed by atoms with Crippen molar-refractivity contribution in [2.45, 2.75) is 13.0 Å². The van der Waals surface area contributed by atoms with Crippen molar-refractivity contribution in [3.05, 3.63) is 34.5 Å². The molecule has 1 aliphatic heterocycles. The van der Waals surface area contributed by atoms with Crippen molar-refractivity contribution in [2.75, 3.05) is 25.6 Å². The molecule has 18 heavy (non-hydrogen) atoms. The number of nitrogens with zero attached hydrogens (tertiary/aromatic N) is 2. The SMILES string of the molecule is CN(C)c1ccc2nc3c(c(Cl)c2c1)COCC3. The van der Waals surface area contributed by atoms with Gasteiger partial charge in [-0.15, -0.1) is 0 Å². The highest BCUT2D eigenvalue weighted by Crippen LogP contribution is 2.32. The van der Waals surface area contributed by atoms with E-state index in [4.69, 9.17) is 21.3 Å². The summed E-state index contributed by atoms with van der Waals surface area (Å²) in [6, 6.07) is 6.18. The third-order valence-electron chi connectivity index (χ3n) is 3.33. The second kappa shape index (κ2) is 4.41. The molecule has 2 heterocycles. The van der Waals surface area contributed by atoms with Gasteiger partial charge in [-0.3, -0.25) is 4.98 Å². The Balaban J connectivity index is 2.26. The number of benzene rings is 1. The van der Waals surface area contributed by atoms with Crippen molar-refractivity contribution in [2.24, 2.45) is 0 Å². The topological polar surface area (TPSA) is 25.4 Å². The Hall–Kier alpha value is -1.32. The van der Waals surface area contributed by atoms with Crippen LogP contribution in [0.25, 0.3) is 10.9 Å². The molecule has 0 atom stereocenters. The van der Waals surface area contributed by atoms with Gasteiger partial charge in [-0.25, -0.2) is 0 Å². The Morgan fingerprint density at radius 3 is 2.94 bits per heavy atom. The van der Waals surface area contributed by atoms with Gasteiger partial charge in [0.2, 0.25) is 0 Å². The minimum atomic E-state index is 0.573. The van der Waals surface area contributed by atoms with E-state index < -0.39 is 0 Å². The summed E-state index contributed by atoms with van der Waals surface area (Å²) in [6.45, 7) is 1.31. The first kappa shape index (κ1) is 11.8. The summed E-state index contributed by atoms with van der Waals surface area (Å²) in [4.78, 5) is 6.76. The monoisotopic (exact) mass is 262 g/mol. The van der Waals surface area contributed by atoms with E-state index in [-0.39, 0.29) is 0 Å². The summed E-state index contributed by atoms with van der Waals surface area (Å²) in [5.41, 5.74) is 4.22. The number of halogens is 1. The largest absolute Gasteiger partial charge is 0.378 e. The zero-order valence-corrected chi connectivity index (χ0v) is 11.3. The second-order valence-electron chi connectivity index (χ2n) is 4.75. The van der Waals surface area contributed by atoms with Crippen molar-refractivity contribution >= 4 is 28.2 Å². The number of rotatable bonds is 1. The van der Waals surface area contributed by atoms with Crippen molar-refractivity contribution < 1.29 is 4.74 Å². The molecule has 0 fully saturated rings. The van der Waals surface area contributed by atoms with Crippen LogP contribution in [-0.2, 0) is 17.8 Å². The lowest BCUT2D eigenvalue weighted by molar-refractivity contribution is 0.109. The van der Waals surface area contributed by atoms with Crippen molar-refractivity contribution in [3.8, 4) is 0 Å². The molecule has 0 saturated heterocycles. The average Bonchev–Trinajstić information content (AvgIpc) is 2.38. The third-order valence-corrected chi connectivity index (χ3v) is 3.76. The van der Waals surface area contributed by atoms with Crippen molar-refractivity contribution in [1.29, 1.82) is 0 Å². The maximum atomic E-state index is 6.50. The highest BCUT2D eigenvalue weighted by atomic mass is 35.5. The molecule has 0 saturated carbocycles. The van der Waals surface area contributed by atoms with Gasteiger partial charge in [-0.2, -0.15) is 0 Å². The zero-order chi connectivity index (χ0) is 12.7. The van der Waals surface area contributed by atoms with E-state index in [1.165, 1.54) is 0 Å². The van der Waals surface area contributed by atoms with Crippen molar-refractivity contribution in [3.63, 3.8) is 0 Å². The first-order chi connectivity index (χ1) is 8.66. The molecule has 2 aromatic rings. The fourth-order valence-corrected chi connectivity index (χ4v) is 2.59. The lowest BCUT2D eigenvalue weighted by Gasteiger charge is -2.19. The van der Waals surface area contributed by atoms with E-state index in [1.807, 2.05) is 20.2 Å². The lowest BCUT2D eigenvalue weighted by atomic mass is 10.1.